The highest BCUT2D eigenvalue weighted by atomic mass is 19.4. The Kier molecular flexibility index (Phi) is 6.00. The van der Waals surface area contributed by atoms with E-state index in [4.69, 9.17) is 0 Å². The first-order valence-corrected chi connectivity index (χ1v) is 8.60. The molecule has 0 saturated carbocycles. The van der Waals surface area contributed by atoms with Gasteiger partial charge in [0.1, 0.15) is 17.5 Å². The van der Waals surface area contributed by atoms with Gasteiger partial charge in [-0.2, -0.15) is 13.2 Å². The highest BCUT2D eigenvalue weighted by Gasteiger charge is 2.34. The summed E-state index contributed by atoms with van der Waals surface area (Å²) in [5.41, 5.74) is -3.59. The number of carbonyl (C=O) groups excluding carboxylic acids is 2. The third-order valence-corrected chi connectivity index (χ3v) is 4.12. The monoisotopic (exact) mass is 438 g/mol. The molecule has 0 heterocycles. The molecule has 0 aliphatic rings. The van der Waals surface area contributed by atoms with E-state index >= 15 is 0 Å². The van der Waals surface area contributed by atoms with Crippen LogP contribution >= 0.6 is 0 Å². The minimum Gasteiger partial charge on any atom is -0.322 e. The minimum absolute atomic E-state index is 0.324. The van der Waals surface area contributed by atoms with Gasteiger partial charge in [0.25, 0.3) is 11.8 Å². The molecule has 0 fully saturated rings. The number of hydrogen-bond acceptors (Lipinski definition) is 2. The summed E-state index contributed by atoms with van der Waals surface area (Å²) >= 11 is 0. The van der Waals surface area contributed by atoms with Crippen LogP contribution in [0.2, 0.25) is 0 Å². The molecule has 0 aliphatic heterocycles. The second kappa shape index (κ2) is 8.50. The van der Waals surface area contributed by atoms with Gasteiger partial charge in [-0.05, 0) is 48.5 Å². The zero-order chi connectivity index (χ0) is 22.8. The number of anilines is 2. The molecule has 3 aromatic carbocycles. The minimum atomic E-state index is -4.97. The molecule has 2 N–H and O–H groups in total. The van der Waals surface area contributed by atoms with Crippen LogP contribution in [0, 0.1) is 17.5 Å². The maximum absolute atomic E-state index is 13.7. The van der Waals surface area contributed by atoms with E-state index in [1.165, 1.54) is 12.1 Å². The van der Waals surface area contributed by atoms with Crippen LogP contribution in [0.1, 0.15) is 26.3 Å². The van der Waals surface area contributed by atoms with Crippen molar-refractivity contribution in [1.82, 2.24) is 0 Å². The van der Waals surface area contributed by atoms with Crippen LogP contribution in [0.25, 0.3) is 0 Å². The first-order chi connectivity index (χ1) is 14.6. The molecule has 0 unspecified atom stereocenters. The van der Waals surface area contributed by atoms with Crippen molar-refractivity contribution in [2.24, 2.45) is 0 Å². The van der Waals surface area contributed by atoms with E-state index in [0.717, 1.165) is 30.3 Å². The third kappa shape index (κ3) is 5.03. The van der Waals surface area contributed by atoms with Crippen molar-refractivity contribution < 1.29 is 35.9 Å². The Balaban J connectivity index is 1.90. The van der Waals surface area contributed by atoms with Gasteiger partial charge in [-0.15, -0.1) is 0 Å². The summed E-state index contributed by atoms with van der Waals surface area (Å²) in [5.74, 6) is -5.22. The fourth-order valence-electron chi connectivity index (χ4n) is 2.67. The summed E-state index contributed by atoms with van der Waals surface area (Å²) in [7, 11) is 0. The molecule has 2 amide bonds. The van der Waals surface area contributed by atoms with E-state index in [0.29, 0.717) is 18.2 Å². The number of rotatable bonds is 4. The topological polar surface area (TPSA) is 58.2 Å². The second-order valence-corrected chi connectivity index (χ2v) is 6.27. The van der Waals surface area contributed by atoms with Gasteiger partial charge in [-0.25, -0.2) is 13.2 Å². The number of alkyl halides is 3. The van der Waals surface area contributed by atoms with E-state index < -0.39 is 52.3 Å². The Bertz CT molecular complexity index is 1160. The van der Waals surface area contributed by atoms with Gasteiger partial charge in [0.05, 0.1) is 22.4 Å². The van der Waals surface area contributed by atoms with Crippen molar-refractivity contribution in [3.8, 4) is 0 Å². The lowest BCUT2D eigenvalue weighted by Crippen LogP contribution is -2.19. The van der Waals surface area contributed by atoms with Gasteiger partial charge in [0.15, 0.2) is 0 Å². The Labute approximate surface area is 171 Å². The summed E-state index contributed by atoms with van der Waals surface area (Å²) in [6.07, 6.45) is -4.97. The fraction of sp³-hybridized carbons (Fsp3) is 0.0476. The van der Waals surface area contributed by atoms with Gasteiger partial charge in [0.2, 0.25) is 0 Å². The molecule has 3 rings (SSSR count). The predicted molar refractivity (Wildman–Crippen MR) is 100 cm³/mol. The molecule has 0 aromatic heterocycles. The normalized spacial score (nSPS) is 11.2. The van der Waals surface area contributed by atoms with Crippen molar-refractivity contribution in [3.05, 3.63) is 94.8 Å². The first-order valence-electron chi connectivity index (χ1n) is 8.60. The molecule has 160 valence electrons. The average molecular weight is 438 g/mol. The van der Waals surface area contributed by atoms with E-state index in [9.17, 15) is 35.9 Å². The Hall–Kier alpha value is -3.82. The van der Waals surface area contributed by atoms with Crippen LogP contribution in [0.4, 0.5) is 37.7 Å². The van der Waals surface area contributed by atoms with Crippen LogP contribution in [-0.4, -0.2) is 11.8 Å². The number of hydrogen-bond donors (Lipinski definition) is 2. The number of nitrogens with one attached hydrogen (secondary N) is 2. The molecule has 10 heteroatoms. The Morgan fingerprint density at radius 1 is 0.710 bits per heavy atom. The highest BCUT2D eigenvalue weighted by Crippen LogP contribution is 2.37. The SMILES string of the molecule is O=C(Nc1ccc(NC(=O)c2cc(F)ccc2F)c(C(F)(F)F)c1)c1ccccc1F. The lowest BCUT2D eigenvalue weighted by atomic mass is 10.1. The smallest absolute Gasteiger partial charge is 0.322 e. The predicted octanol–water partition coefficient (Wildman–Crippen LogP) is 5.63. The maximum atomic E-state index is 13.7. The lowest BCUT2D eigenvalue weighted by molar-refractivity contribution is -0.136. The van der Waals surface area contributed by atoms with E-state index in [-0.39, 0.29) is 11.3 Å². The van der Waals surface area contributed by atoms with Gasteiger partial charge < -0.3 is 10.6 Å². The fourth-order valence-corrected chi connectivity index (χ4v) is 2.67. The Morgan fingerprint density at radius 3 is 2.03 bits per heavy atom. The summed E-state index contributed by atoms with van der Waals surface area (Å²) in [6, 6.07) is 9.22. The van der Waals surface area contributed by atoms with Crippen molar-refractivity contribution in [3.63, 3.8) is 0 Å². The molecule has 0 saturated heterocycles. The molecule has 0 radical (unpaired) electrons. The third-order valence-electron chi connectivity index (χ3n) is 4.12. The molecular formula is C21H12F6N2O2. The summed E-state index contributed by atoms with van der Waals surface area (Å²) in [6.45, 7) is 0. The molecule has 4 nitrogen and oxygen atoms in total. The lowest BCUT2D eigenvalue weighted by Gasteiger charge is -2.16. The number of carbonyl (C=O) groups is 2. The summed E-state index contributed by atoms with van der Waals surface area (Å²) in [5, 5.41) is 4.02. The van der Waals surface area contributed by atoms with Crippen molar-refractivity contribution in [2.75, 3.05) is 10.6 Å². The van der Waals surface area contributed by atoms with Crippen molar-refractivity contribution in [2.45, 2.75) is 6.18 Å². The number of halogens is 6. The zero-order valence-electron chi connectivity index (χ0n) is 15.4. The average Bonchev–Trinajstić information content (AvgIpc) is 2.70. The van der Waals surface area contributed by atoms with Crippen LogP contribution in [-0.2, 0) is 6.18 Å². The largest absolute Gasteiger partial charge is 0.418 e. The second-order valence-electron chi connectivity index (χ2n) is 6.27. The van der Waals surface area contributed by atoms with Gasteiger partial charge >= 0.3 is 6.18 Å². The molecule has 0 bridgehead atoms. The van der Waals surface area contributed by atoms with Gasteiger partial charge in [-0.3, -0.25) is 9.59 Å². The Morgan fingerprint density at radius 2 is 1.35 bits per heavy atom. The molecule has 31 heavy (non-hydrogen) atoms. The first kappa shape index (κ1) is 21.9. The van der Waals surface area contributed by atoms with Crippen LogP contribution < -0.4 is 10.6 Å². The van der Waals surface area contributed by atoms with Gasteiger partial charge in [-0.1, -0.05) is 12.1 Å². The maximum Gasteiger partial charge on any atom is 0.418 e. The van der Waals surface area contributed by atoms with Crippen molar-refractivity contribution in [1.29, 1.82) is 0 Å². The molecule has 0 atom stereocenters. The standard InChI is InChI=1S/C21H12F6N2O2/c22-11-5-7-17(24)14(9-11)20(31)29-18-8-6-12(10-15(18)21(25,26)27)28-19(30)13-3-1-2-4-16(13)23/h1-10H,(H,28,30)(H,29,31). The van der Waals surface area contributed by atoms with Gasteiger partial charge in [0, 0.05) is 5.69 Å². The molecule has 3 aromatic rings. The summed E-state index contributed by atoms with van der Waals surface area (Å²) in [4.78, 5) is 24.3. The molecule has 0 aliphatic carbocycles. The number of amides is 2. The van der Waals surface area contributed by atoms with E-state index in [1.54, 1.807) is 0 Å². The molecule has 0 spiro atoms. The van der Waals surface area contributed by atoms with E-state index in [2.05, 4.69) is 5.32 Å². The van der Waals surface area contributed by atoms with Crippen LogP contribution in [0.3, 0.4) is 0 Å². The quantitative estimate of drug-likeness (QED) is 0.519. The highest BCUT2D eigenvalue weighted by molar-refractivity contribution is 6.06. The molecular weight excluding hydrogens is 426 g/mol. The van der Waals surface area contributed by atoms with E-state index in [1.807, 2.05) is 5.32 Å². The van der Waals surface area contributed by atoms with Crippen LogP contribution in [0.15, 0.2) is 60.7 Å². The van der Waals surface area contributed by atoms with Crippen molar-refractivity contribution >= 4 is 23.2 Å². The summed E-state index contributed by atoms with van der Waals surface area (Å²) < 4.78 is 81.2. The number of benzene rings is 3. The van der Waals surface area contributed by atoms with Crippen LogP contribution in [0.5, 0.6) is 0 Å². The zero-order valence-corrected chi connectivity index (χ0v) is 15.4.